The Morgan fingerprint density at radius 1 is 1.00 bits per heavy atom. The van der Waals surface area contributed by atoms with Crippen molar-refractivity contribution in [2.75, 3.05) is 0 Å². The zero-order valence-corrected chi connectivity index (χ0v) is 4.92. The molecule has 0 amide bonds. The zero-order chi connectivity index (χ0) is 0. The Morgan fingerprint density at radius 2 is 1.00 bits per heavy atom. The molecule has 0 bridgehead atoms. The summed E-state index contributed by atoms with van der Waals surface area (Å²) in [6, 6.07) is 0. The van der Waals surface area contributed by atoms with Gasteiger partial charge in [0.15, 0.2) is 0 Å². The van der Waals surface area contributed by atoms with Crippen molar-refractivity contribution in [2.45, 2.75) is 0 Å². The summed E-state index contributed by atoms with van der Waals surface area (Å²) in [6.45, 7) is 0. The van der Waals surface area contributed by atoms with Crippen LogP contribution < -0.4 is 0 Å². The van der Waals surface area contributed by atoms with E-state index in [1.807, 2.05) is 0 Å². The van der Waals surface area contributed by atoms with E-state index < -0.39 is 0 Å². The molecule has 31 valence electrons. The summed E-state index contributed by atoms with van der Waals surface area (Å²) in [6.07, 6.45) is 0. The topological polar surface area (TPSA) is 0 Å². The van der Waals surface area contributed by atoms with E-state index in [0.717, 1.165) is 0 Å². The molecule has 0 aromatic heterocycles. The number of rotatable bonds is 0. The van der Waals surface area contributed by atoms with E-state index in [1.165, 1.54) is 0 Å². The minimum atomic E-state index is 0. The molecule has 0 N–H and O–H groups in total. The van der Waals surface area contributed by atoms with Crippen molar-refractivity contribution in [3.63, 3.8) is 0 Å². The van der Waals surface area contributed by atoms with Crippen LogP contribution in [-0.4, -0.2) is 79.7 Å². The Labute approximate surface area is 132 Å². The normalized spacial score (nSPS) is 0. The first kappa shape index (κ1) is 47.8. The standard InChI is InChI=1S/Ca.Li.Mg.Mn.Ni.Ti.5H. The van der Waals surface area contributed by atoms with Gasteiger partial charge in [0.1, 0.15) is 0 Å². The molecule has 0 aromatic rings. The van der Waals surface area contributed by atoms with Gasteiger partial charge < -0.3 is 0 Å². The predicted octanol–water partition coefficient (Wildman–Crippen LogP) is -2.49. The van der Waals surface area contributed by atoms with Crippen LogP contribution in [0.1, 0.15) is 0 Å². The average molecular weight is 238 g/mol. The molecule has 0 atom stereocenters. The van der Waals surface area contributed by atoms with Crippen molar-refractivity contribution < 1.29 is 55.3 Å². The molecule has 0 aliphatic carbocycles. The molecule has 6 heavy (non-hydrogen) atoms. The molecule has 6 heteroatoms. The maximum absolute atomic E-state index is 0. The van der Waals surface area contributed by atoms with Crippen LogP contribution >= 0.6 is 0 Å². The summed E-state index contributed by atoms with van der Waals surface area (Å²) in [5.74, 6) is 0. The molecule has 0 saturated carbocycles. The molecular weight excluding hydrogens is 233 g/mol. The van der Waals surface area contributed by atoms with E-state index in [-0.39, 0.29) is 135 Å². The molecule has 0 aromatic carbocycles. The average Bonchev–Trinajstić information content (AvgIpc) is 0. The third-order valence-electron chi connectivity index (χ3n) is 0. The van der Waals surface area contributed by atoms with Crippen LogP contribution in [-0.2, 0) is 55.3 Å². The van der Waals surface area contributed by atoms with Gasteiger partial charge in [-0.2, -0.15) is 0 Å². The summed E-state index contributed by atoms with van der Waals surface area (Å²) in [5, 5.41) is 0. The smallest absolute Gasteiger partial charge is 0 e. The first-order valence-corrected chi connectivity index (χ1v) is 0. The van der Waals surface area contributed by atoms with E-state index in [1.54, 1.807) is 0 Å². The van der Waals surface area contributed by atoms with Crippen LogP contribution in [0.4, 0.5) is 0 Å². The molecule has 0 aliphatic rings. The molecule has 0 fully saturated rings. The first-order chi connectivity index (χ1) is 0. The third kappa shape index (κ3) is 23.8. The van der Waals surface area contributed by atoms with Gasteiger partial charge in [-0.15, -0.1) is 0 Å². The van der Waals surface area contributed by atoms with Crippen molar-refractivity contribution in [1.29, 1.82) is 0 Å². The first-order valence-electron chi connectivity index (χ1n) is 0. The van der Waals surface area contributed by atoms with Gasteiger partial charge in [-0.25, -0.2) is 0 Å². The Bertz CT molecular complexity index is 15.5. The Morgan fingerprint density at radius 3 is 1.00 bits per heavy atom. The molecule has 0 heterocycles. The summed E-state index contributed by atoms with van der Waals surface area (Å²) < 4.78 is 0. The minimum absolute atomic E-state index is 0. The van der Waals surface area contributed by atoms with Gasteiger partial charge in [-0.3, -0.25) is 0 Å². The van der Waals surface area contributed by atoms with Gasteiger partial charge in [-0.1, -0.05) is 0 Å². The second-order valence-corrected chi connectivity index (χ2v) is 0. The van der Waals surface area contributed by atoms with Gasteiger partial charge in [0, 0.05) is 55.3 Å². The van der Waals surface area contributed by atoms with Crippen molar-refractivity contribution >= 4 is 79.7 Å². The summed E-state index contributed by atoms with van der Waals surface area (Å²) >= 11 is 0. The molecule has 0 nitrogen and oxygen atoms in total. The van der Waals surface area contributed by atoms with Crippen molar-refractivity contribution in [3.8, 4) is 0 Å². The van der Waals surface area contributed by atoms with Crippen molar-refractivity contribution in [3.05, 3.63) is 0 Å². The summed E-state index contributed by atoms with van der Waals surface area (Å²) in [5.41, 5.74) is 0. The largest absolute Gasteiger partial charge is 0.316 e. The Kier molecular flexibility index (Phi) is 275. The minimum Gasteiger partial charge on any atom is 0 e. The maximum atomic E-state index is 0. The third-order valence-corrected chi connectivity index (χ3v) is 0. The van der Waals surface area contributed by atoms with Gasteiger partial charge in [0.05, 0.1) is 0 Å². The fraction of sp³-hybridized carbons (Fsp3) is 0. The van der Waals surface area contributed by atoms with E-state index >= 15 is 0 Å². The van der Waals surface area contributed by atoms with Crippen LogP contribution in [0.25, 0.3) is 0 Å². The van der Waals surface area contributed by atoms with Crippen LogP contribution in [0.5, 0.6) is 0 Å². The monoisotopic (exact) mass is 237 g/mol. The zero-order valence-electron chi connectivity index (χ0n) is 1.19. The van der Waals surface area contributed by atoms with Crippen LogP contribution in [0.15, 0.2) is 0 Å². The summed E-state index contributed by atoms with van der Waals surface area (Å²) in [4.78, 5) is 0. The number of hydrogen-bond acceptors (Lipinski definition) is 0. The Hall–Kier alpha value is 4.35. The van der Waals surface area contributed by atoms with E-state index in [0.29, 0.717) is 0 Å². The SMILES string of the molecule is [CaH2].[LiH].[MgH2].[Mn].[Ni].[Ti]. The maximum Gasteiger partial charge on any atom is 0.316 e. The van der Waals surface area contributed by atoms with Crippen LogP contribution in [0, 0.1) is 0 Å². The molecule has 0 rings (SSSR count). The van der Waals surface area contributed by atoms with Gasteiger partial charge in [0.2, 0.25) is 0 Å². The fourth-order valence-electron chi connectivity index (χ4n) is 0. The molecule has 0 unspecified atom stereocenters. The molecule has 0 aliphatic heterocycles. The van der Waals surface area contributed by atoms with E-state index in [4.69, 9.17) is 0 Å². The van der Waals surface area contributed by atoms with Crippen molar-refractivity contribution in [2.24, 2.45) is 0 Å². The van der Waals surface area contributed by atoms with Crippen LogP contribution in [0.2, 0.25) is 0 Å². The number of hydrogen-bond donors (Lipinski definition) is 0. The molecular formula is H5CaLiMgMnNiTi. The van der Waals surface area contributed by atoms with Crippen molar-refractivity contribution in [1.82, 2.24) is 0 Å². The second kappa shape index (κ2) is 34.4. The van der Waals surface area contributed by atoms with E-state index in [9.17, 15) is 0 Å². The molecule has 0 saturated heterocycles. The van der Waals surface area contributed by atoms with Gasteiger partial charge in [0.25, 0.3) is 0 Å². The van der Waals surface area contributed by atoms with Crippen LogP contribution in [0.3, 0.4) is 0 Å². The van der Waals surface area contributed by atoms with E-state index in [2.05, 4.69) is 0 Å². The Balaban J connectivity index is 0. The van der Waals surface area contributed by atoms with Gasteiger partial charge in [-0.05, 0) is 0 Å². The second-order valence-electron chi connectivity index (χ2n) is 0. The summed E-state index contributed by atoms with van der Waals surface area (Å²) in [7, 11) is 0. The quantitative estimate of drug-likeness (QED) is 0.409. The van der Waals surface area contributed by atoms with Gasteiger partial charge >= 0.3 is 79.7 Å². The fourth-order valence-corrected chi connectivity index (χ4v) is 0. The molecule has 0 spiro atoms. The molecule has 1 radical (unpaired) electrons. The predicted molar refractivity (Wildman–Crippen MR) is 24.2 cm³/mol.